The van der Waals surface area contributed by atoms with Crippen molar-refractivity contribution in [1.29, 1.82) is 0 Å². The molecule has 0 amide bonds. The number of rotatable bonds is 8. The first-order chi connectivity index (χ1) is 8.56. The molecule has 0 saturated carbocycles. The lowest BCUT2D eigenvalue weighted by atomic mass is 10.3. The Balaban J connectivity index is 2.35. The average molecular weight is 252 g/mol. The maximum atomic E-state index is 4.54. The van der Waals surface area contributed by atoms with Gasteiger partial charge in [0.05, 0.1) is 5.69 Å². The molecule has 0 spiro atoms. The zero-order chi connectivity index (χ0) is 13.5. The summed E-state index contributed by atoms with van der Waals surface area (Å²) in [7, 11) is 0. The molecule has 4 nitrogen and oxygen atoms in total. The molecule has 1 heterocycles. The standard InChI is InChI=1S/C14H28N4/c1-6-17(7-2)11-13(5)15-10-14-8-9-18(16-14)12(3)4/h8-9,12-13,15H,6-7,10-11H2,1-5H3. The summed E-state index contributed by atoms with van der Waals surface area (Å²) in [4.78, 5) is 2.43. The van der Waals surface area contributed by atoms with Crippen molar-refractivity contribution in [2.75, 3.05) is 19.6 Å². The number of nitrogens with zero attached hydrogens (tertiary/aromatic N) is 3. The fourth-order valence-corrected chi connectivity index (χ4v) is 1.97. The van der Waals surface area contributed by atoms with E-state index in [-0.39, 0.29) is 0 Å². The molecule has 0 radical (unpaired) electrons. The number of likely N-dealkylation sites (N-methyl/N-ethyl adjacent to an activating group) is 1. The van der Waals surface area contributed by atoms with E-state index in [1.54, 1.807) is 0 Å². The zero-order valence-corrected chi connectivity index (χ0v) is 12.5. The second kappa shape index (κ2) is 7.54. The second-order valence-corrected chi connectivity index (χ2v) is 5.15. The minimum atomic E-state index is 0.437. The van der Waals surface area contributed by atoms with Crippen molar-refractivity contribution < 1.29 is 0 Å². The highest BCUT2D eigenvalue weighted by atomic mass is 15.3. The van der Waals surface area contributed by atoms with Crippen LogP contribution >= 0.6 is 0 Å². The van der Waals surface area contributed by atoms with Crippen molar-refractivity contribution in [2.24, 2.45) is 0 Å². The van der Waals surface area contributed by atoms with E-state index in [2.05, 4.69) is 62.2 Å². The average Bonchev–Trinajstić information content (AvgIpc) is 2.82. The lowest BCUT2D eigenvalue weighted by Gasteiger charge is -2.23. The van der Waals surface area contributed by atoms with Crippen LogP contribution in [0.3, 0.4) is 0 Å². The van der Waals surface area contributed by atoms with E-state index in [1.165, 1.54) is 0 Å². The van der Waals surface area contributed by atoms with Crippen LogP contribution in [0.2, 0.25) is 0 Å². The Hall–Kier alpha value is -0.870. The Kier molecular flexibility index (Phi) is 6.36. The Bertz CT molecular complexity index is 328. The molecule has 0 aliphatic heterocycles. The highest BCUT2D eigenvalue weighted by Crippen LogP contribution is 2.04. The first-order valence-corrected chi connectivity index (χ1v) is 7.06. The number of hydrogen-bond donors (Lipinski definition) is 1. The summed E-state index contributed by atoms with van der Waals surface area (Å²) in [5.74, 6) is 0. The third-order valence-corrected chi connectivity index (χ3v) is 3.25. The van der Waals surface area contributed by atoms with Gasteiger partial charge in [-0.05, 0) is 39.9 Å². The summed E-state index contributed by atoms with van der Waals surface area (Å²) in [5, 5.41) is 8.07. The Morgan fingerprint density at radius 3 is 2.44 bits per heavy atom. The summed E-state index contributed by atoms with van der Waals surface area (Å²) < 4.78 is 2.01. The largest absolute Gasteiger partial charge is 0.307 e. The van der Waals surface area contributed by atoms with E-state index >= 15 is 0 Å². The van der Waals surface area contributed by atoms with Crippen molar-refractivity contribution in [2.45, 2.75) is 53.2 Å². The minimum absolute atomic E-state index is 0.437. The van der Waals surface area contributed by atoms with E-state index < -0.39 is 0 Å². The van der Waals surface area contributed by atoms with Crippen molar-refractivity contribution in [3.05, 3.63) is 18.0 Å². The van der Waals surface area contributed by atoms with Gasteiger partial charge in [-0.25, -0.2) is 0 Å². The Labute approximate surface area is 111 Å². The predicted octanol–water partition coefficient (Wildman–Crippen LogP) is 2.28. The van der Waals surface area contributed by atoms with Crippen LogP contribution in [-0.4, -0.2) is 40.4 Å². The molecule has 104 valence electrons. The number of nitrogens with one attached hydrogen (secondary N) is 1. The van der Waals surface area contributed by atoms with Crippen LogP contribution in [-0.2, 0) is 6.54 Å². The van der Waals surface area contributed by atoms with Gasteiger partial charge in [0, 0.05) is 31.4 Å². The summed E-state index contributed by atoms with van der Waals surface area (Å²) >= 11 is 0. The van der Waals surface area contributed by atoms with Crippen molar-refractivity contribution in [1.82, 2.24) is 20.0 Å². The van der Waals surface area contributed by atoms with Gasteiger partial charge in [0.25, 0.3) is 0 Å². The number of aromatic nitrogens is 2. The third kappa shape index (κ3) is 4.78. The van der Waals surface area contributed by atoms with Gasteiger partial charge in [0.15, 0.2) is 0 Å². The van der Waals surface area contributed by atoms with Crippen LogP contribution < -0.4 is 5.32 Å². The molecule has 1 aromatic rings. The molecule has 1 unspecified atom stereocenters. The smallest absolute Gasteiger partial charge is 0.0762 e. The molecule has 1 atom stereocenters. The molecule has 4 heteroatoms. The van der Waals surface area contributed by atoms with Gasteiger partial charge in [-0.2, -0.15) is 5.10 Å². The molecule has 0 fully saturated rings. The first-order valence-electron chi connectivity index (χ1n) is 7.06. The highest BCUT2D eigenvalue weighted by Gasteiger charge is 2.08. The van der Waals surface area contributed by atoms with Crippen molar-refractivity contribution in [3.63, 3.8) is 0 Å². The molecule has 0 saturated heterocycles. The maximum absolute atomic E-state index is 4.54. The molecule has 1 rings (SSSR count). The molecule has 18 heavy (non-hydrogen) atoms. The van der Waals surface area contributed by atoms with E-state index in [0.717, 1.165) is 31.9 Å². The summed E-state index contributed by atoms with van der Waals surface area (Å²) in [5.41, 5.74) is 1.12. The van der Waals surface area contributed by atoms with Gasteiger partial charge in [-0.3, -0.25) is 4.68 Å². The van der Waals surface area contributed by atoms with Gasteiger partial charge in [0.1, 0.15) is 0 Å². The molecular formula is C14H28N4. The van der Waals surface area contributed by atoms with Crippen LogP contribution in [0.15, 0.2) is 12.3 Å². The van der Waals surface area contributed by atoms with Gasteiger partial charge >= 0.3 is 0 Å². The normalized spacial score (nSPS) is 13.5. The molecule has 1 aromatic heterocycles. The fraction of sp³-hybridized carbons (Fsp3) is 0.786. The summed E-state index contributed by atoms with van der Waals surface area (Å²) in [6.07, 6.45) is 2.05. The number of hydrogen-bond acceptors (Lipinski definition) is 3. The van der Waals surface area contributed by atoms with E-state index in [9.17, 15) is 0 Å². The van der Waals surface area contributed by atoms with Crippen LogP contribution in [0.5, 0.6) is 0 Å². The monoisotopic (exact) mass is 252 g/mol. The molecule has 0 aromatic carbocycles. The van der Waals surface area contributed by atoms with Gasteiger partial charge in [-0.15, -0.1) is 0 Å². The molecular weight excluding hydrogens is 224 g/mol. The first kappa shape index (κ1) is 15.2. The van der Waals surface area contributed by atoms with Gasteiger partial charge in [-0.1, -0.05) is 13.8 Å². The highest BCUT2D eigenvalue weighted by molar-refractivity contribution is 4.99. The zero-order valence-electron chi connectivity index (χ0n) is 12.5. The van der Waals surface area contributed by atoms with Gasteiger partial charge in [0.2, 0.25) is 0 Å². The quantitative estimate of drug-likeness (QED) is 0.770. The summed E-state index contributed by atoms with van der Waals surface area (Å²) in [6, 6.07) is 3.03. The van der Waals surface area contributed by atoms with Crippen molar-refractivity contribution in [3.8, 4) is 0 Å². The van der Waals surface area contributed by atoms with Gasteiger partial charge < -0.3 is 10.2 Å². The van der Waals surface area contributed by atoms with Crippen LogP contribution in [0.4, 0.5) is 0 Å². The summed E-state index contributed by atoms with van der Waals surface area (Å²) in [6.45, 7) is 15.1. The van der Waals surface area contributed by atoms with Crippen LogP contribution in [0.1, 0.15) is 46.4 Å². The van der Waals surface area contributed by atoms with E-state index in [0.29, 0.717) is 12.1 Å². The van der Waals surface area contributed by atoms with Crippen LogP contribution in [0, 0.1) is 0 Å². The SMILES string of the molecule is CCN(CC)CC(C)NCc1ccn(C(C)C)n1. The topological polar surface area (TPSA) is 33.1 Å². The molecule has 1 N–H and O–H groups in total. The molecule has 0 aliphatic carbocycles. The van der Waals surface area contributed by atoms with Crippen molar-refractivity contribution >= 4 is 0 Å². The second-order valence-electron chi connectivity index (χ2n) is 5.15. The molecule has 0 bridgehead atoms. The van der Waals surface area contributed by atoms with E-state index in [4.69, 9.17) is 0 Å². The third-order valence-electron chi connectivity index (χ3n) is 3.25. The minimum Gasteiger partial charge on any atom is -0.307 e. The Morgan fingerprint density at radius 2 is 1.94 bits per heavy atom. The lowest BCUT2D eigenvalue weighted by Crippen LogP contribution is -2.38. The van der Waals surface area contributed by atoms with Crippen LogP contribution in [0.25, 0.3) is 0 Å². The molecule has 0 aliphatic rings. The maximum Gasteiger partial charge on any atom is 0.0762 e. The predicted molar refractivity (Wildman–Crippen MR) is 76.7 cm³/mol. The Morgan fingerprint density at radius 1 is 1.28 bits per heavy atom. The van der Waals surface area contributed by atoms with E-state index in [1.807, 2.05) is 4.68 Å². The lowest BCUT2D eigenvalue weighted by molar-refractivity contribution is 0.270. The fourth-order valence-electron chi connectivity index (χ4n) is 1.97.